The van der Waals surface area contributed by atoms with Crippen molar-refractivity contribution in [2.45, 2.75) is 25.4 Å². The van der Waals surface area contributed by atoms with Gasteiger partial charge in [0.15, 0.2) is 5.96 Å². The number of nitrogens with zero attached hydrogens (tertiary/aromatic N) is 1. The number of nitrogens with one attached hydrogen (secondary N) is 2. The molecule has 1 unspecified atom stereocenters. The molecule has 0 aromatic heterocycles. The highest BCUT2D eigenvalue weighted by Gasteiger charge is 2.15. The van der Waals surface area contributed by atoms with Crippen LogP contribution >= 0.6 is 0 Å². The van der Waals surface area contributed by atoms with E-state index in [1.165, 1.54) is 6.42 Å². The molecule has 1 saturated heterocycles. The van der Waals surface area contributed by atoms with Gasteiger partial charge in [0, 0.05) is 40.5 Å². The molecule has 0 aromatic rings. The first-order valence-corrected chi connectivity index (χ1v) is 5.92. The van der Waals surface area contributed by atoms with Crippen LogP contribution in [0.4, 0.5) is 0 Å². The Kier molecular flexibility index (Phi) is 6.92. The Morgan fingerprint density at radius 3 is 3.00 bits per heavy atom. The molecule has 1 aliphatic rings. The molecule has 0 aromatic carbocycles. The molecule has 5 nitrogen and oxygen atoms in total. The highest BCUT2D eigenvalue weighted by molar-refractivity contribution is 5.79. The van der Waals surface area contributed by atoms with Gasteiger partial charge in [-0.1, -0.05) is 0 Å². The first-order valence-electron chi connectivity index (χ1n) is 5.92. The fraction of sp³-hybridized carbons (Fsp3) is 0.909. The lowest BCUT2D eigenvalue weighted by atomic mass is 10.2. The summed E-state index contributed by atoms with van der Waals surface area (Å²) in [6, 6.07) is 0. The predicted octanol–water partition coefficient (Wildman–Crippen LogP) is 0.367. The fourth-order valence-corrected chi connectivity index (χ4v) is 1.66. The van der Waals surface area contributed by atoms with E-state index in [1.54, 1.807) is 14.2 Å². The molecule has 0 bridgehead atoms. The lowest BCUT2D eigenvalue weighted by Gasteiger charge is -2.14. The summed E-state index contributed by atoms with van der Waals surface area (Å²) in [7, 11) is 3.49. The summed E-state index contributed by atoms with van der Waals surface area (Å²) in [4.78, 5) is 4.14. The molecule has 0 spiro atoms. The molecule has 0 radical (unpaired) electrons. The number of ether oxygens (including phenoxy) is 2. The largest absolute Gasteiger partial charge is 0.385 e. The fourth-order valence-electron chi connectivity index (χ4n) is 1.66. The first-order chi connectivity index (χ1) is 7.86. The van der Waals surface area contributed by atoms with E-state index in [1.807, 2.05) is 0 Å². The molecule has 0 aliphatic carbocycles. The first kappa shape index (κ1) is 13.3. The minimum absolute atomic E-state index is 0.345. The summed E-state index contributed by atoms with van der Waals surface area (Å²) in [5.74, 6) is 0.839. The standard InChI is InChI=1S/C11H23N3O2/c1-12-11(13-6-4-7-15-2)14-9-10-5-3-8-16-10/h10H,3-9H2,1-2H3,(H2,12,13,14). The molecule has 1 rings (SSSR count). The third-order valence-corrected chi connectivity index (χ3v) is 2.56. The summed E-state index contributed by atoms with van der Waals surface area (Å²) >= 11 is 0. The van der Waals surface area contributed by atoms with Crippen LogP contribution in [0.2, 0.25) is 0 Å². The average molecular weight is 229 g/mol. The van der Waals surface area contributed by atoms with E-state index in [0.29, 0.717) is 6.10 Å². The van der Waals surface area contributed by atoms with E-state index in [0.717, 1.165) is 45.1 Å². The van der Waals surface area contributed by atoms with Crippen molar-refractivity contribution >= 4 is 5.96 Å². The zero-order valence-electron chi connectivity index (χ0n) is 10.3. The van der Waals surface area contributed by atoms with Gasteiger partial charge in [-0.15, -0.1) is 0 Å². The second-order valence-electron chi connectivity index (χ2n) is 3.86. The molecule has 2 N–H and O–H groups in total. The summed E-state index contributed by atoms with van der Waals surface area (Å²) in [5.41, 5.74) is 0. The van der Waals surface area contributed by atoms with Crippen molar-refractivity contribution in [2.24, 2.45) is 4.99 Å². The monoisotopic (exact) mass is 229 g/mol. The lowest BCUT2D eigenvalue weighted by Crippen LogP contribution is -2.41. The zero-order valence-corrected chi connectivity index (χ0v) is 10.3. The Balaban J connectivity index is 2.06. The third-order valence-electron chi connectivity index (χ3n) is 2.56. The normalized spacial score (nSPS) is 21.1. The van der Waals surface area contributed by atoms with Gasteiger partial charge in [-0.2, -0.15) is 0 Å². The summed E-state index contributed by atoms with van der Waals surface area (Å²) in [6.07, 6.45) is 3.65. The highest BCUT2D eigenvalue weighted by Crippen LogP contribution is 2.10. The van der Waals surface area contributed by atoms with Crippen molar-refractivity contribution in [3.63, 3.8) is 0 Å². The van der Waals surface area contributed by atoms with Crippen LogP contribution in [0, 0.1) is 0 Å². The quantitative estimate of drug-likeness (QED) is 0.392. The van der Waals surface area contributed by atoms with Crippen molar-refractivity contribution in [3.05, 3.63) is 0 Å². The molecule has 1 aliphatic heterocycles. The van der Waals surface area contributed by atoms with Crippen LogP contribution in [0.25, 0.3) is 0 Å². The van der Waals surface area contributed by atoms with E-state index in [-0.39, 0.29) is 0 Å². The van der Waals surface area contributed by atoms with Gasteiger partial charge in [0.25, 0.3) is 0 Å². The third kappa shape index (κ3) is 5.32. The molecule has 94 valence electrons. The van der Waals surface area contributed by atoms with Crippen molar-refractivity contribution in [3.8, 4) is 0 Å². The zero-order chi connectivity index (χ0) is 11.6. The van der Waals surface area contributed by atoms with Crippen LogP contribution in [-0.2, 0) is 9.47 Å². The van der Waals surface area contributed by atoms with Gasteiger partial charge in [0.2, 0.25) is 0 Å². The van der Waals surface area contributed by atoms with Gasteiger partial charge in [-0.3, -0.25) is 4.99 Å². The van der Waals surface area contributed by atoms with Crippen LogP contribution in [0.15, 0.2) is 4.99 Å². The van der Waals surface area contributed by atoms with Gasteiger partial charge in [-0.25, -0.2) is 0 Å². The van der Waals surface area contributed by atoms with Crippen molar-refractivity contribution in [1.29, 1.82) is 0 Å². The molecule has 1 fully saturated rings. The molecular weight excluding hydrogens is 206 g/mol. The summed E-state index contributed by atoms with van der Waals surface area (Å²) in [5, 5.41) is 6.49. The second kappa shape index (κ2) is 8.35. The minimum atomic E-state index is 0.345. The second-order valence-corrected chi connectivity index (χ2v) is 3.86. The van der Waals surface area contributed by atoms with Gasteiger partial charge < -0.3 is 20.1 Å². The summed E-state index contributed by atoms with van der Waals surface area (Å²) < 4.78 is 10.5. The van der Waals surface area contributed by atoms with E-state index >= 15 is 0 Å². The van der Waals surface area contributed by atoms with Crippen molar-refractivity contribution in [1.82, 2.24) is 10.6 Å². The molecule has 0 amide bonds. The van der Waals surface area contributed by atoms with Gasteiger partial charge >= 0.3 is 0 Å². The number of methoxy groups -OCH3 is 1. The lowest BCUT2D eigenvalue weighted by molar-refractivity contribution is 0.113. The van der Waals surface area contributed by atoms with E-state index in [4.69, 9.17) is 9.47 Å². The molecular formula is C11H23N3O2. The Hall–Kier alpha value is -0.810. The van der Waals surface area contributed by atoms with Crippen LogP contribution in [0.3, 0.4) is 0 Å². The Labute approximate surface area is 97.6 Å². The SMILES string of the molecule is CN=C(NCCCOC)NCC1CCCO1. The maximum absolute atomic E-state index is 5.53. The van der Waals surface area contributed by atoms with Crippen LogP contribution < -0.4 is 10.6 Å². The van der Waals surface area contributed by atoms with Crippen LogP contribution in [-0.4, -0.2) is 52.5 Å². The molecule has 0 saturated carbocycles. The van der Waals surface area contributed by atoms with E-state index in [9.17, 15) is 0 Å². The number of guanidine groups is 1. The number of hydrogen-bond donors (Lipinski definition) is 2. The average Bonchev–Trinajstić information content (AvgIpc) is 2.81. The van der Waals surface area contributed by atoms with Gasteiger partial charge in [-0.05, 0) is 19.3 Å². The summed E-state index contributed by atoms with van der Waals surface area (Å²) in [6.45, 7) is 3.38. The molecule has 1 heterocycles. The Morgan fingerprint density at radius 2 is 2.38 bits per heavy atom. The van der Waals surface area contributed by atoms with E-state index in [2.05, 4.69) is 15.6 Å². The van der Waals surface area contributed by atoms with Crippen molar-refractivity contribution in [2.75, 3.05) is 40.5 Å². The van der Waals surface area contributed by atoms with Crippen LogP contribution in [0.5, 0.6) is 0 Å². The Bertz CT molecular complexity index is 203. The van der Waals surface area contributed by atoms with Gasteiger partial charge in [0.1, 0.15) is 0 Å². The maximum atomic E-state index is 5.53. The van der Waals surface area contributed by atoms with Crippen LogP contribution in [0.1, 0.15) is 19.3 Å². The molecule has 16 heavy (non-hydrogen) atoms. The predicted molar refractivity (Wildman–Crippen MR) is 64.8 cm³/mol. The number of aliphatic imine (C=N–C) groups is 1. The maximum Gasteiger partial charge on any atom is 0.191 e. The Morgan fingerprint density at radius 1 is 1.50 bits per heavy atom. The number of rotatable bonds is 6. The topological polar surface area (TPSA) is 54.9 Å². The number of hydrogen-bond acceptors (Lipinski definition) is 3. The van der Waals surface area contributed by atoms with E-state index < -0.39 is 0 Å². The molecule has 1 atom stereocenters. The van der Waals surface area contributed by atoms with Crippen molar-refractivity contribution < 1.29 is 9.47 Å². The smallest absolute Gasteiger partial charge is 0.191 e. The molecule has 5 heteroatoms. The highest BCUT2D eigenvalue weighted by atomic mass is 16.5. The minimum Gasteiger partial charge on any atom is -0.385 e. The van der Waals surface area contributed by atoms with Gasteiger partial charge in [0.05, 0.1) is 6.10 Å².